The van der Waals surface area contributed by atoms with Gasteiger partial charge in [0.1, 0.15) is 0 Å². The number of halogens is 2. The molecule has 18 heavy (non-hydrogen) atoms. The average molecular weight is 279 g/mol. The maximum atomic E-state index is 12.9. The van der Waals surface area contributed by atoms with Gasteiger partial charge in [-0.05, 0) is 38.0 Å². The first-order chi connectivity index (χ1) is 8.33. The first-order valence-electron chi connectivity index (χ1n) is 5.45. The molecule has 1 unspecified atom stereocenters. The van der Waals surface area contributed by atoms with Crippen molar-refractivity contribution in [2.75, 3.05) is 6.54 Å². The number of benzene rings is 1. The molecule has 0 amide bonds. The Morgan fingerprint density at radius 3 is 2.56 bits per heavy atom. The van der Waals surface area contributed by atoms with Crippen LogP contribution in [0.2, 0.25) is 0 Å². The molecule has 0 aliphatic carbocycles. The standard InChI is InChI=1S/C11H15F2NO3S/c1-8(15)3-2-6-14-18(16,17)9-4-5-10(12)11(13)7-9/h4-5,7-8,14-15H,2-3,6H2,1H3. The van der Waals surface area contributed by atoms with Gasteiger partial charge in [-0.1, -0.05) is 0 Å². The first-order valence-corrected chi connectivity index (χ1v) is 6.94. The summed E-state index contributed by atoms with van der Waals surface area (Å²) in [5.74, 6) is -2.30. The van der Waals surface area contributed by atoms with Crippen LogP contribution in [0, 0.1) is 11.6 Å². The number of hydrogen-bond acceptors (Lipinski definition) is 3. The van der Waals surface area contributed by atoms with E-state index in [1.54, 1.807) is 6.92 Å². The molecule has 0 saturated heterocycles. The zero-order chi connectivity index (χ0) is 13.8. The van der Waals surface area contributed by atoms with Crippen molar-refractivity contribution in [2.45, 2.75) is 30.8 Å². The number of aliphatic hydroxyl groups excluding tert-OH is 1. The molecule has 102 valence electrons. The summed E-state index contributed by atoms with van der Waals surface area (Å²) < 4.78 is 51.2. The van der Waals surface area contributed by atoms with Crippen molar-refractivity contribution in [1.29, 1.82) is 0 Å². The van der Waals surface area contributed by atoms with Crippen molar-refractivity contribution in [3.05, 3.63) is 29.8 Å². The molecule has 7 heteroatoms. The number of sulfonamides is 1. The topological polar surface area (TPSA) is 66.4 Å². The van der Waals surface area contributed by atoms with Crippen LogP contribution in [0.25, 0.3) is 0 Å². The van der Waals surface area contributed by atoms with Crippen molar-refractivity contribution in [3.8, 4) is 0 Å². The minimum atomic E-state index is -3.84. The van der Waals surface area contributed by atoms with Crippen LogP contribution < -0.4 is 4.72 Å². The molecule has 0 saturated carbocycles. The normalized spacial score (nSPS) is 13.6. The fourth-order valence-electron chi connectivity index (χ4n) is 1.33. The minimum absolute atomic E-state index is 0.131. The van der Waals surface area contributed by atoms with Gasteiger partial charge in [0, 0.05) is 6.54 Å². The van der Waals surface area contributed by atoms with Gasteiger partial charge in [-0.3, -0.25) is 0 Å². The molecule has 1 aromatic rings. The lowest BCUT2D eigenvalue weighted by Crippen LogP contribution is -2.25. The number of rotatable bonds is 6. The molecule has 0 radical (unpaired) electrons. The van der Waals surface area contributed by atoms with Crippen LogP contribution in [-0.2, 0) is 10.0 Å². The van der Waals surface area contributed by atoms with Crippen LogP contribution in [-0.4, -0.2) is 26.2 Å². The largest absolute Gasteiger partial charge is 0.393 e. The first kappa shape index (κ1) is 15.0. The Labute approximate surface area is 105 Å². The Morgan fingerprint density at radius 1 is 1.33 bits per heavy atom. The summed E-state index contributed by atoms with van der Waals surface area (Å²) in [7, 11) is -3.84. The number of aliphatic hydroxyl groups is 1. The van der Waals surface area contributed by atoms with Crippen LogP contribution in [0.1, 0.15) is 19.8 Å². The summed E-state index contributed by atoms with van der Waals surface area (Å²) >= 11 is 0. The van der Waals surface area contributed by atoms with Crippen LogP contribution in [0.3, 0.4) is 0 Å². The van der Waals surface area contributed by atoms with Gasteiger partial charge >= 0.3 is 0 Å². The predicted octanol–water partition coefficient (Wildman–Crippen LogP) is 1.40. The van der Waals surface area contributed by atoms with Crippen molar-refractivity contribution in [2.24, 2.45) is 0 Å². The Bertz CT molecular complexity index is 503. The van der Waals surface area contributed by atoms with E-state index < -0.39 is 27.8 Å². The second-order valence-corrected chi connectivity index (χ2v) is 5.73. The minimum Gasteiger partial charge on any atom is -0.393 e. The van der Waals surface area contributed by atoms with Gasteiger partial charge < -0.3 is 5.11 Å². The molecular weight excluding hydrogens is 264 g/mol. The van der Waals surface area contributed by atoms with E-state index in [4.69, 9.17) is 5.11 Å². The van der Waals surface area contributed by atoms with Crippen molar-refractivity contribution < 1.29 is 22.3 Å². The zero-order valence-corrected chi connectivity index (χ0v) is 10.7. The van der Waals surface area contributed by atoms with Gasteiger partial charge in [-0.2, -0.15) is 0 Å². The molecule has 0 heterocycles. The van der Waals surface area contributed by atoms with E-state index in [2.05, 4.69) is 4.72 Å². The van der Waals surface area contributed by atoms with Crippen LogP contribution >= 0.6 is 0 Å². The number of hydrogen-bond donors (Lipinski definition) is 2. The molecule has 0 aromatic heterocycles. The maximum absolute atomic E-state index is 12.9. The van der Waals surface area contributed by atoms with Gasteiger partial charge in [0.25, 0.3) is 0 Å². The SMILES string of the molecule is CC(O)CCCNS(=O)(=O)c1ccc(F)c(F)c1. The van der Waals surface area contributed by atoms with E-state index in [9.17, 15) is 17.2 Å². The molecule has 0 fully saturated rings. The highest BCUT2D eigenvalue weighted by molar-refractivity contribution is 7.89. The monoisotopic (exact) mass is 279 g/mol. The van der Waals surface area contributed by atoms with Crippen molar-refractivity contribution in [1.82, 2.24) is 4.72 Å². The second kappa shape index (κ2) is 6.21. The zero-order valence-electron chi connectivity index (χ0n) is 9.86. The average Bonchev–Trinajstić information content (AvgIpc) is 2.28. The molecule has 1 rings (SSSR count). The van der Waals surface area contributed by atoms with Crippen LogP contribution in [0.4, 0.5) is 8.78 Å². The van der Waals surface area contributed by atoms with Gasteiger partial charge in [0.2, 0.25) is 10.0 Å². The van der Waals surface area contributed by atoms with Gasteiger partial charge in [0.15, 0.2) is 11.6 Å². The van der Waals surface area contributed by atoms with Crippen LogP contribution in [0.5, 0.6) is 0 Å². The summed E-state index contributed by atoms with van der Waals surface area (Å²) in [5.41, 5.74) is 0. The molecular formula is C11H15F2NO3S. The lowest BCUT2D eigenvalue weighted by molar-refractivity contribution is 0.182. The molecule has 0 aliphatic heterocycles. The third-order valence-corrected chi connectivity index (χ3v) is 3.75. The van der Waals surface area contributed by atoms with E-state index in [0.717, 1.165) is 12.1 Å². The highest BCUT2D eigenvalue weighted by atomic mass is 32.2. The third-order valence-electron chi connectivity index (χ3n) is 2.29. The third kappa shape index (κ3) is 4.32. The molecule has 0 bridgehead atoms. The lowest BCUT2D eigenvalue weighted by Gasteiger charge is -2.08. The fourth-order valence-corrected chi connectivity index (χ4v) is 2.42. The van der Waals surface area contributed by atoms with Crippen molar-refractivity contribution in [3.63, 3.8) is 0 Å². The van der Waals surface area contributed by atoms with Gasteiger partial charge in [-0.25, -0.2) is 21.9 Å². The van der Waals surface area contributed by atoms with E-state index >= 15 is 0 Å². The Balaban J connectivity index is 2.66. The van der Waals surface area contributed by atoms with Gasteiger partial charge in [0.05, 0.1) is 11.0 Å². The smallest absolute Gasteiger partial charge is 0.240 e. The maximum Gasteiger partial charge on any atom is 0.240 e. The highest BCUT2D eigenvalue weighted by Gasteiger charge is 2.15. The van der Waals surface area contributed by atoms with Crippen molar-refractivity contribution >= 4 is 10.0 Å². The molecule has 2 N–H and O–H groups in total. The Morgan fingerprint density at radius 2 is 2.00 bits per heavy atom. The van der Waals surface area contributed by atoms with E-state index in [1.807, 2.05) is 0 Å². The second-order valence-electron chi connectivity index (χ2n) is 3.96. The summed E-state index contributed by atoms with van der Waals surface area (Å²) in [4.78, 5) is -0.321. The van der Waals surface area contributed by atoms with E-state index in [1.165, 1.54) is 0 Å². The number of nitrogens with one attached hydrogen (secondary N) is 1. The Hall–Kier alpha value is -1.05. The predicted molar refractivity (Wildman–Crippen MR) is 62.5 cm³/mol. The van der Waals surface area contributed by atoms with Crippen LogP contribution in [0.15, 0.2) is 23.1 Å². The molecule has 4 nitrogen and oxygen atoms in total. The van der Waals surface area contributed by atoms with Gasteiger partial charge in [-0.15, -0.1) is 0 Å². The summed E-state index contributed by atoms with van der Waals surface area (Å²) in [6, 6.07) is 2.39. The molecule has 0 spiro atoms. The van der Waals surface area contributed by atoms with E-state index in [0.29, 0.717) is 18.9 Å². The molecule has 1 atom stereocenters. The molecule has 1 aromatic carbocycles. The quantitative estimate of drug-likeness (QED) is 0.774. The lowest BCUT2D eigenvalue weighted by atomic mass is 10.2. The van der Waals surface area contributed by atoms with E-state index in [-0.39, 0.29) is 11.4 Å². The summed E-state index contributed by atoms with van der Waals surface area (Å²) in [6.07, 6.45) is 0.415. The summed E-state index contributed by atoms with van der Waals surface area (Å²) in [6.45, 7) is 1.73. The molecule has 0 aliphatic rings. The Kier molecular flexibility index (Phi) is 5.18. The fraction of sp³-hybridized carbons (Fsp3) is 0.455. The highest BCUT2D eigenvalue weighted by Crippen LogP contribution is 2.13. The summed E-state index contributed by atoms with van der Waals surface area (Å²) in [5, 5.41) is 9.00.